The smallest absolute Gasteiger partial charge is 0.153 e. The number of aromatic nitrogens is 4. The molecule has 5 heteroatoms. The van der Waals surface area contributed by atoms with Gasteiger partial charge >= 0.3 is 0 Å². The Hall–Kier alpha value is -2.82. The Bertz CT molecular complexity index is 932. The quantitative estimate of drug-likeness (QED) is 0.493. The van der Waals surface area contributed by atoms with E-state index in [1.54, 1.807) is 0 Å². The highest BCUT2D eigenvalue weighted by Gasteiger charge is 2.10. The first-order valence-corrected chi connectivity index (χ1v) is 6.41. The summed E-state index contributed by atoms with van der Waals surface area (Å²) >= 11 is 0. The van der Waals surface area contributed by atoms with Gasteiger partial charge in [0.25, 0.3) is 0 Å². The van der Waals surface area contributed by atoms with Gasteiger partial charge < -0.3 is 10.7 Å². The number of nitrogen functional groups attached to an aromatic ring is 1. The van der Waals surface area contributed by atoms with Crippen LogP contribution in [-0.4, -0.2) is 20.2 Å². The number of fused-ring (bicyclic) bond motifs is 2. The second-order valence-electron chi connectivity index (χ2n) is 4.92. The van der Waals surface area contributed by atoms with Gasteiger partial charge in [-0.1, -0.05) is 6.07 Å². The number of nitrogens with one attached hydrogen (secondary N) is 2. The number of rotatable bonds is 1. The highest BCUT2D eigenvalue weighted by Crippen LogP contribution is 2.32. The summed E-state index contributed by atoms with van der Waals surface area (Å²) in [7, 11) is 0. The van der Waals surface area contributed by atoms with Gasteiger partial charge in [0.05, 0.1) is 5.52 Å². The molecule has 4 N–H and O–H groups in total. The Balaban J connectivity index is 2.05. The van der Waals surface area contributed by atoms with Crippen LogP contribution in [0.25, 0.3) is 33.1 Å². The molecule has 0 amide bonds. The van der Waals surface area contributed by atoms with Crippen LogP contribution in [0.4, 0.5) is 5.82 Å². The summed E-state index contributed by atoms with van der Waals surface area (Å²) < 4.78 is 0. The summed E-state index contributed by atoms with van der Waals surface area (Å²) in [5.74, 6) is 0.526. The third-order valence-electron chi connectivity index (χ3n) is 3.67. The molecule has 1 aromatic carbocycles. The van der Waals surface area contributed by atoms with Crippen LogP contribution in [0.2, 0.25) is 0 Å². The minimum atomic E-state index is 0.526. The number of aromatic amines is 2. The maximum atomic E-state index is 5.88. The molecule has 3 aromatic heterocycles. The standard InChI is InChI=1S/C15H13N5/c1-8-7-18-15-13(8)10(4-5-17-15)9-2-3-12-11(6-9)14(16)20-19-12/h2-7H,1H3,(H,17,18)(H3,16,19,20). The summed E-state index contributed by atoms with van der Waals surface area (Å²) in [4.78, 5) is 7.55. The fourth-order valence-electron chi connectivity index (χ4n) is 2.66. The zero-order chi connectivity index (χ0) is 13.7. The third-order valence-corrected chi connectivity index (χ3v) is 3.67. The molecule has 98 valence electrons. The van der Waals surface area contributed by atoms with Crippen molar-refractivity contribution in [2.75, 3.05) is 5.73 Å². The maximum absolute atomic E-state index is 5.88. The van der Waals surface area contributed by atoms with Crippen molar-refractivity contribution in [2.24, 2.45) is 0 Å². The lowest BCUT2D eigenvalue weighted by atomic mass is 10.0. The Labute approximate surface area is 114 Å². The summed E-state index contributed by atoms with van der Waals surface area (Å²) in [6.45, 7) is 2.08. The second-order valence-corrected chi connectivity index (χ2v) is 4.92. The lowest BCUT2D eigenvalue weighted by molar-refractivity contribution is 1.13. The van der Waals surface area contributed by atoms with Crippen LogP contribution in [0.1, 0.15) is 5.56 Å². The van der Waals surface area contributed by atoms with Gasteiger partial charge in [0.1, 0.15) is 5.65 Å². The molecule has 0 aliphatic heterocycles. The van der Waals surface area contributed by atoms with E-state index in [-0.39, 0.29) is 0 Å². The molecule has 0 saturated carbocycles. The second kappa shape index (κ2) is 3.84. The van der Waals surface area contributed by atoms with Crippen molar-refractivity contribution in [3.8, 4) is 11.1 Å². The molecule has 0 bridgehead atoms. The average Bonchev–Trinajstić information content (AvgIpc) is 3.03. The molecular formula is C15H13N5. The molecule has 0 atom stereocenters. The van der Waals surface area contributed by atoms with Crippen LogP contribution >= 0.6 is 0 Å². The number of pyridine rings is 1. The average molecular weight is 263 g/mol. The zero-order valence-corrected chi connectivity index (χ0v) is 10.9. The number of hydrogen-bond acceptors (Lipinski definition) is 3. The summed E-state index contributed by atoms with van der Waals surface area (Å²) in [6.07, 6.45) is 3.79. The van der Waals surface area contributed by atoms with Gasteiger partial charge in [-0.3, -0.25) is 5.10 Å². The first kappa shape index (κ1) is 11.0. The number of H-pyrrole nitrogens is 2. The normalized spacial score (nSPS) is 11.4. The highest BCUT2D eigenvalue weighted by molar-refractivity contribution is 5.99. The number of aryl methyl sites for hydroxylation is 1. The highest BCUT2D eigenvalue weighted by atomic mass is 15.1. The summed E-state index contributed by atoms with van der Waals surface area (Å²) in [5, 5.41) is 9.04. The van der Waals surface area contributed by atoms with Crippen molar-refractivity contribution in [3.05, 3.63) is 42.2 Å². The summed E-state index contributed by atoms with van der Waals surface area (Å²) in [6, 6.07) is 8.17. The fourth-order valence-corrected chi connectivity index (χ4v) is 2.66. The van der Waals surface area contributed by atoms with E-state index in [9.17, 15) is 0 Å². The number of hydrogen-bond donors (Lipinski definition) is 3. The predicted octanol–water partition coefficient (Wildman–Crippen LogP) is 3.00. The summed E-state index contributed by atoms with van der Waals surface area (Å²) in [5.41, 5.74) is 11.2. The largest absolute Gasteiger partial charge is 0.382 e. The molecule has 0 fully saturated rings. The van der Waals surface area contributed by atoms with Gasteiger partial charge in [-0.05, 0) is 41.8 Å². The first-order valence-electron chi connectivity index (χ1n) is 6.41. The van der Waals surface area contributed by atoms with Gasteiger partial charge in [-0.15, -0.1) is 0 Å². The van der Waals surface area contributed by atoms with E-state index in [0.29, 0.717) is 5.82 Å². The van der Waals surface area contributed by atoms with Gasteiger partial charge in [0.2, 0.25) is 0 Å². The molecule has 5 nitrogen and oxygen atoms in total. The van der Waals surface area contributed by atoms with Crippen LogP contribution in [0.5, 0.6) is 0 Å². The maximum Gasteiger partial charge on any atom is 0.153 e. The number of nitrogens with zero attached hydrogens (tertiary/aromatic N) is 2. The van der Waals surface area contributed by atoms with Gasteiger partial charge in [-0.2, -0.15) is 5.10 Å². The Morgan fingerprint density at radius 1 is 1.20 bits per heavy atom. The van der Waals surface area contributed by atoms with E-state index >= 15 is 0 Å². The van der Waals surface area contributed by atoms with Crippen LogP contribution in [0.3, 0.4) is 0 Å². The lowest BCUT2D eigenvalue weighted by Crippen LogP contribution is -1.86. The molecule has 3 heterocycles. The SMILES string of the molecule is Cc1c[nH]c2nccc(-c3ccc4[nH]nc(N)c4c3)c12. The topological polar surface area (TPSA) is 83.4 Å². The number of benzene rings is 1. The fraction of sp³-hybridized carbons (Fsp3) is 0.0667. The minimum absolute atomic E-state index is 0.526. The van der Waals surface area contributed by atoms with Crippen molar-refractivity contribution in [2.45, 2.75) is 6.92 Å². The zero-order valence-electron chi connectivity index (χ0n) is 10.9. The van der Waals surface area contributed by atoms with Gasteiger partial charge in [-0.25, -0.2) is 4.98 Å². The molecule has 4 rings (SSSR count). The van der Waals surface area contributed by atoms with Crippen molar-refractivity contribution in [1.29, 1.82) is 0 Å². The van der Waals surface area contributed by atoms with Crippen LogP contribution < -0.4 is 5.73 Å². The van der Waals surface area contributed by atoms with Crippen molar-refractivity contribution in [1.82, 2.24) is 20.2 Å². The molecule has 0 saturated heterocycles. The first-order chi connectivity index (χ1) is 9.74. The minimum Gasteiger partial charge on any atom is -0.382 e. The van der Waals surface area contributed by atoms with Crippen molar-refractivity contribution < 1.29 is 0 Å². The number of nitrogens with two attached hydrogens (primary N) is 1. The van der Waals surface area contributed by atoms with Crippen LogP contribution in [-0.2, 0) is 0 Å². The molecule has 0 aliphatic carbocycles. The van der Waals surface area contributed by atoms with Crippen LogP contribution in [0, 0.1) is 6.92 Å². The predicted molar refractivity (Wildman–Crippen MR) is 80.3 cm³/mol. The monoisotopic (exact) mass is 263 g/mol. The van der Waals surface area contributed by atoms with Crippen molar-refractivity contribution >= 4 is 27.8 Å². The lowest BCUT2D eigenvalue weighted by Gasteiger charge is -2.05. The molecule has 0 unspecified atom stereocenters. The Kier molecular flexibility index (Phi) is 2.12. The van der Waals surface area contributed by atoms with Gasteiger partial charge in [0, 0.05) is 23.2 Å². The molecule has 4 aromatic rings. The van der Waals surface area contributed by atoms with Crippen molar-refractivity contribution in [3.63, 3.8) is 0 Å². The number of anilines is 1. The molecule has 0 aliphatic rings. The van der Waals surface area contributed by atoms with E-state index in [1.165, 1.54) is 5.56 Å². The molecule has 0 spiro atoms. The third kappa shape index (κ3) is 1.43. The van der Waals surface area contributed by atoms with Crippen LogP contribution in [0.15, 0.2) is 36.7 Å². The van der Waals surface area contributed by atoms with E-state index in [0.717, 1.165) is 33.1 Å². The molecular weight excluding hydrogens is 250 g/mol. The van der Waals surface area contributed by atoms with E-state index in [4.69, 9.17) is 5.73 Å². The molecule has 0 radical (unpaired) electrons. The molecule has 20 heavy (non-hydrogen) atoms. The van der Waals surface area contributed by atoms with E-state index in [2.05, 4.69) is 39.2 Å². The van der Waals surface area contributed by atoms with E-state index < -0.39 is 0 Å². The Morgan fingerprint density at radius 3 is 3.00 bits per heavy atom. The van der Waals surface area contributed by atoms with Gasteiger partial charge in [0.15, 0.2) is 5.82 Å². The van der Waals surface area contributed by atoms with E-state index in [1.807, 2.05) is 24.5 Å². The Morgan fingerprint density at radius 2 is 2.10 bits per heavy atom.